The van der Waals surface area contributed by atoms with Crippen LogP contribution in [0.4, 0.5) is 19.1 Å². The predicted molar refractivity (Wildman–Crippen MR) is 325 cm³/mol. The van der Waals surface area contributed by atoms with Gasteiger partial charge in [0.2, 0.25) is 16.0 Å². The van der Waals surface area contributed by atoms with Gasteiger partial charge in [0, 0.05) is 68.8 Å². The Kier molecular flexibility index (Phi) is 21.1. The minimum Gasteiger partial charge on any atom is -0.341 e. The number of benzene rings is 5. The van der Waals surface area contributed by atoms with Crippen molar-refractivity contribution in [3.8, 4) is 33.5 Å². The molecular formula is C66H88F3N5O2S. The summed E-state index contributed by atoms with van der Waals surface area (Å²) in [4.78, 5) is 14.2. The lowest BCUT2D eigenvalue weighted by Gasteiger charge is -2.28. The molecule has 8 aromatic rings. The van der Waals surface area contributed by atoms with Crippen LogP contribution in [0, 0.1) is 17.5 Å². The molecule has 0 N–H and O–H groups in total. The zero-order chi connectivity index (χ0) is 53.5. The maximum absolute atomic E-state index is 13.5. The summed E-state index contributed by atoms with van der Waals surface area (Å²) in [6.07, 6.45) is 3.55. The molecule has 0 aliphatic heterocycles. The van der Waals surface area contributed by atoms with Crippen LogP contribution in [0.3, 0.4) is 0 Å². The highest BCUT2D eigenvalue weighted by molar-refractivity contribution is 7.92. The maximum atomic E-state index is 13.5. The quantitative estimate of drug-likeness (QED) is 0.151. The molecule has 0 radical (unpaired) electrons. The third kappa shape index (κ3) is 14.4. The van der Waals surface area contributed by atoms with Crippen LogP contribution in [0.2, 0.25) is 0 Å². The Morgan fingerprint density at radius 1 is 0.558 bits per heavy atom. The molecule has 77 heavy (non-hydrogen) atoms. The highest BCUT2D eigenvalue weighted by atomic mass is 32.2. The summed E-state index contributed by atoms with van der Waals surface area (Å²) >= 11 is 0. The Labute approximate surface area is 461 Å². The van der Waals surface area contributed by atoms with E-state index in [0.717, 1.165) is 49.4 Å². The Morgan fingerprint density at radius 3 is 1.43 bits per heavy atom. The van der Waals surface area contributed by atoms with Crippen LogP contribution in [-0.4, -0.2) is 41.2 Å². The highest BCUT2D eigenvalue weighted by Gasteiger charge is 2.35. The Bertz CT molecular complexity index is 3360. The number of fused-ring (bicyclic) bond motifs is 2. The van der Waals surface area contributed by atoms with Gasteiger partial charge < -0.3 is 4.57 Å². The number of rotatable bonds is 8. The summed E-state index contributed by atoms with van der Waals surface area (Å²) in [6, 6.07) is 37.0. The number of pyridine rings is 1. The maximum Gasteiger partial charge on any atom is 0.239 e. The van der Waals surface area contributed by atoms with E-state index in [4.69, 9.17) is 4.98 Å². The van der Waals surface area contributed by atoms with E-state index in [9.17, 15) is 21.6 Å². The standard InChI is InChI=1S/C22H22FN.C21H24FN.C19H26FN3O2S.4CH4/c1-22(2,3)20-19(14-10-12-16(23)13-11-14)17-6-4-5-7-18(17)24-21(20)15-8-9-15;1-14(2)23-18-9-7-6-8-17(18)19(20(23)21(3,4)5)15-10-12-16(22)13-11-15;1-12(2)16-15(19(3,4)5)17(13-8-10-14(20)11-9-13)22-18(21-16)23(6)26(7,24)25;;;;/h4-7,10-13,15H,8-9H2,1-3H3;6-14H,1-5H3;8-12H,1-7H3;4*1H4. The number of nitrogens with zero attached hydrogens (tertiary/aromatic N) is 5. The fraction of sp³-hybridized carbons (Fsp3) is 0.409. The van der Waals surface area contributed by atoms with Crippen LogP contribution in [0.25, 0.3) is 55.3 Å². The summed E-state index contributed by atoms with van der Waals surface area (Å²) in [5, 5.41) is 2.39. The van der Waals surface area contributed by atoms with Crippen LogP contribution in [0.5, 0.6) is 0 Å². The van der Waals surface area contributed by atoms with Gasteiger partial charge in [0.05, 0.1) is 23.2 Å². The summed E-state index contributed by atoms with van der Waals surface area (Å²) in [5.41, 5.74) is 13.5. The molecule has 0 atom stereocenters. The number of hydrogen-bond donors (Lipinski definition) is 0. The zero-order valence-electron chi connectivity index (χ0n) is 45.3. The molecule has 0 unspecified atom stereocenters. The summed E-state index contributed by atoms with van der Waals surface area (Å²) < 4.78 is 67.7. The topological polar surface area (TPSA) is 81.0 Å². The Balaban J connectivity index is 0.000000297. The first-order chi connectivity index (χ1) is 34.1. The summed E-state index contributed by atoms with van der Waals surface area (Å²) in [5.74, 6) is 0.0258. The molecule has 3 heterocycles. The average Bonchev–Trinajstić information content (AvgIpc) is 4.10. The van der Waals surface area contributed by atoms with Crippen LogP contribution in [0.1, 0.15) is 179 Å². The smallest absolute Gasteiger partial charge is 0.239 e. The van der Waals surface area contributed by atoms with Crippen molar-refractivity contribution in [1.82, 2.24) is 19.5 Å². The predicted octanol–water partition coefficient (Wildman–Crippen LogP) is 19.2. The molecule has 11 heteroatoms. The minimum atomic E-state index is -3.50. The van der Waals surface area contributed by atoms with Crippen LogP contribution >= 0.6 is 0 Å². The molecule has 0 saturated heterocycles. The van der Waals surface area contributed by atoms with E-state index < -0.39 is 10.0 Å². The first-order valence-corrected chi connectivity index (χ1v) is 27.1. The van der Waals surface area contributed by atoms with E-state index in [1.165, 1.54) is 71.0 Å². The van der Waals surface area contributed by atoms with Gasteiger partial charge in [-0.25, -0.2) is 35.9 Å². The monoisotopic (exact) mass is 1070 g/mol. The van der Waals surface area contributed by atoms with Gasteiger partial charge in [-0.15, -0.1) is 0 Å². The van der Waals surface area contributed by atoms with Crippen molar-refractivity contribution in [2.75, 3.05) is 17.6 Å². The lowest BCUT2D eigenvalue weighted by atomic mass is 9.78. The molecule has 1 saturated carbocycles. The van der Waals surface area contributed by atoms with Gasteiger partial charge >= 0.3 is 0 Å². The molecule has 9 rings (SSSR count). The number of halogens is 3. The minimum absolute atomic E-state index is 0. The van der Waals surface area contributed by atoms with Gasteiger partial charge in [-0.3, -0.25) is 4.98 Å². The number of hydrogen-bond acceptors (Lipinski definition) is 5. The highest BCUT2D eigenvalue weighted by Crippen LogP contribution is 2.49. The van der Waals surface area contributed by atoms with Crippen molar-refractivity contribution in [3.63, 3.8) is 0 Å². The van der Waals surface area contributed by atoms with Gasteiger partial charge in [0.1, 0.15) is 17.5 Å². The van der Waals surface area contributed by atoms with E-state index in [1.54, 1.807) is 36.4 Å². The van der Waals surface area contributed by atoms with Crippen LogP contribution in [-0.2, 0) is 26.3 Å². The molecule has 1 aliphatic carbocycles. The zero-order valence-corrected chi connectivity index (χ0v) is 46.1. The number of para-hydroxylation sites is 2. The third-order valence-electron chi connectivity index (χ3n) is 13.2. The lowest BCUT2D eigenvalue weighted by molar-refractivity contribution is 0.495. The number of sulfonamides is 1. The lowest BCUT2D eigenvalue weighted by Crippen LogP contribution is -2.29. The summed E-state index contributed by atoms with van der Waals surface area (Å²) in [6.45, 7) is 28.1. The second kappa shape index (κ2) is 25.0. The van der Waals surface area contributed by atoms with Gasteiger partial charge in [-0.05, 0) is 126 Å². The normalized spacial score (nSPS) is 12.6. The number of aromatic nitrogens is 4. The molecule has 0 bridgehead atoms. The largest absolute Gasteiger partial charge is 0.341 e. The third-order valence-corrected chi connectivity index (χ3v) is 14.3. The van der Waals surface area contributed by atoms with Crippen molar-refractivity contribution in [1.29, 1.82) is 0 Å². The average molecular weight is 1070 g/mol. The van der Waals surface area contributed by atoms with Crippen molar-refractivity contribution in [3.05, 3.63) is 167 Å². The van der Waals surface area contributed by atoms with Gasteiger partial charge in [-0.1, -0.05) is 167 Å². The van der Waals surface area contributed by atoms with E-state index in [1.807, 2.05) is 44.2 Å². The molecule has 0 spiro atoms. The van der Waals surface area contributed by atoms with Crippen molar-refractivity contribution in [2.45, 2.75) is 167 Å². The first kappa shape index (κ1) is 65.0. The summed E-state index contributed by atoms with van der Waals surface area (Å²) in [7, 11) is -2.07. The SMILES string of the molecule is C.C.C.C.CC(C)(C)c1c(C2CC2)nc2ccccc2c1-c1ccc(F)cc1.CC(C)c1nc(N(C)S(C)(=O)=O)nc(-c2ccc(F)cc2)c1C(C)(C)C.CC(C)n1c(C(C)(C)C)c(-c2ccc(F)cc2)c2ccccc21. The van der Waals surface area contributed by atoms with Crippen molar-refractivity contribution >= 4 is 37.8 Å². The van der Waals surface area contributed by atoms with Crippen LogP contribution in [0.15, 0.2) is 121 Å². The van der Waals surface area contributed by atoms with Gasteiger partial charge in [0.15, 0.2) is 0 Å². The van der Waals surface area contributed by atoms with E-state index in [0.29, 0.717) is 17.7 Å². The Hall–Kier alpha value is -6.33. The van der Waals surface area contributed by atoms with E-state index in [2.05, 4.69) is 133 Å². The van der Waals surface area contributed by atoms with E-state index in [-0.39, 0.29) is 75.3 Å². The Morgan fingerprint density at radius 2 is 1.00 bits per heavy atom. The van der Waals surface area contributed by atoms with Crippen molar-refractivity contribution < 1.29 is 21.6 Å². The fourth-order valence-corrected chi connectivity index (χ4v) is 10.1. The molecule has 7 nitrogen and oxygen atoms in total. The van der Waals surface area contributed by atoms with Crippen LogP contribution < -0.4 is 4.31 Å². The molecule has 5 aromatic carbocycles. The van der Waals surface area contributed by atoms with Crippen molar-refractivity contribution in [2.24, 2.45) is 0 Å². The first-order valence-electron chi connectivity index (χ1n) is 25.3. The molecule has 1 aliphatic rings. The molecule has 416 valence electrons. The second-order valence-corrected chi connectivity index (χ2v) is 25.0. The molecular weight excluding hydrogens is 984 g/mol. The fourth-order valence-electron chi connectivity index (χ4n) is 9.73. The second-order valence-electron chi connectivity index (χ2n) is 23.0. The van der Waals surface area contributed by atoms with E-state index >= 15 is 0 Å². The van der Waals surface area contributed by atoms with Gasteiger partial charge in [0.25, 0.3) is 0 Å². The molecule has 3 aromatic heterocycles. The molecule has 1 fully saturated rings. The number of anilines is 1. The van der Waals surface area contributed by atoms with Gasteiger partial charge in [-0.2, -0.15) is 0 Å². The molecule has 0 amide bonds.